The summed E-state index contributed by atoms with van der Waals surface area (Å²) in [6.45, 7) is 5.84. The molecule has 0 radical (unpaired) electrons. The largest absolute Gasteiger partial charge is 0.313 e. The number of aromatic nitrogens is 2. The molecule has 1 aromatic heterocycles. The smallest absolute Gasteiger partial charge is 0.0522 e. The van der Waals surface area contributed by atoms with Crippen LogP contribution in [0.2, 0.25) is 0 Å². The van der Waals surface area contributed by atoms with Gasteiger partial charge in [-0.25, -0.2) is 0 Å². The lowest BCUT2D eigenvalue weighted by molar-refractivity contribution is 0.230. The highest BCUT2D eigenvalue weighted by molar-refractivity contribution is 5.04. The van der Waals surface area contributed by atoms with Crippen molar-refractivity contribution in [3.05, 3.63) is 18.0 Å². The Morgan fingerprint density at radius 1 is 1.41 bits per heavy atom. The first kappa shape index (κ1) is 12.6. The molecule has 0 aromatic carbocycles. The van der Waals surface area contributed by atoms with Crippen molar-refractivity contribution in [2.75, 3.05) is 6.54 Å². The molecule has 3 heteroatoms. The Morgan fingerprint density at radius 2 is 2.24 bits per heavy atom. The Bertz CT molecular complexity index is 345. The van der Waals surface area contributed by atoms with Crippen molar-refractivity contribution in [2.24, 2.45) is 18.9 Å². The minimum absolute atomic E-state index is 0.718. The first-order chi connectivity index (χ1) is 8.15. The molecule has 0 aliphatic heterocycles. The Morgan fingerprint density at radius 3 is 2.94 bits per heavy atom. The molecule has 1 heterocycles. The van der Waals surface area contributed by atoms with Gasteiger partial charge in [0.2, 0.25) is 0 Å². The molecule has 1 fully saturated rings. The van der Waals surface area contributed by atoms with Gasteiger partial charge in [0, 0.05) is 19.3 Å². The van der Waals surface area contributed by atoms with Crippen LogP contribution in [0.5, 0.6) is 0 Å². The van der Waals surface area contributed by atoms with Crippen LogP contribution in [0.4, 0.5) is 0 Å². The van der Waals surface area contributed by atoms with Gasteiger partial charge in [0.25, 0.3) is 0 Å². The van der Waals surface area contributed by atoms with E-state index in [0.29, 0.717) is 0 Å². The number of aryl methyl sites for hydroxylation is 1. The van der Waals surface area contributed by atoms with Crippen molar-refractivity contribution in [1.82, 2.24) is 15.1 Å². The molecule has 1 aromatic rings. The van der Waals surface area contributed by atoms with Gasteiger partial charge < -0.3 is 5.32 Å². The van der Waals surface area contributed by atoms with Crippen LogP contribution in [0.3, 0.4) is 0 Å². The average molecular weight is 235 g/mol. The van der Waals surface area contributed by atoms with Gasteiger partial charge in [0.15, 0.2) is 0 Å². The van der Waals surface area contributed by atoms with Gasteiger partial charge >= 0.3 is 0 Å². The lowest BCUT2D eigenvalue weighted by Crippen LogP contribution is -2.40. The van der Waals surface area contributed by atoms with E-state index < -0.39 is 0 Å². The van der Waals surface area contributed by atoms with Gasteiger partial charge in [0.05, 0.1) is 6.20 Å². The molecule has 0 amide bonds. The van der Waals surface area contributed by atoms with Crippen LogP contribution in [0.1, 0.15) is 38.7 Å². The quantitative estimate of drug-likeness (QED) is 0.868. The summed E-state index contributed by atoms with van der Waals surface area (Å²) in [5.74, 6) is 1.72. The predicted octanol–water partition coefficient (Wildman–Crippen LogP) is 2.38. The standard InChI is InChI=1S/C14H25N3/c1-11-4-5-12(2)14(8-11)15-7-6-13-9-16-17(3)10-13/h9-12,14-15H,4-8H2,1-3H3. The Kier molecular flexibility index (Phi) is 4.21. The molecule has 3 atom stereocenters. The molecule has 0 saturated heterocycles. The fourth-order valence-corrected chi connectivity index (χ4v) is 2.82. The Hall–Kier alpha value is -0.830. The molecule has 17 heavy (non-hydrogen) atoms. The van der Waals surface area contributed by atoms with Gasteiger partial charge in [-0.3, -0.25) is 4.68 Å². The molecular formula is C14H25N3. The maximum Gasteiger partial charge on any atom is 0.0522 e. The lowest BCUT2D eigenvalue weighted by Gasteiger charge is -2.33. The predicted molar refractivity (Wildman–Crippen MR) is 70.9 cm³/mol. The van der Waals surface area contributed by atoms with Crippen molar-refractivity contribution < 1.29 is 0 Å². The Labute approximate surface area is 105 Å². The molecule has 1 N–H and O–H groups in total. The van der Waals surface area contributed by atoms with Crippen LogP contribution < -0.4 is 5.32 Å². The zero-order chi connectivity index (χ0) is 12.3. The van der Waals surface area contributed by atoms with Gasteiger partial charge in [-0.15, -0.1) is 0 Å². The maximum atomic E-state index is 4.20. The number of rotatable bonds is 4. The van der Waals surface area contributed by atoms with E-state index >= 15 is 0 Å². The van der Waals surface area contributed by atoms with Gasteiger partial charge in [-0.05, 0) is 43.2 Å². The minimum atomic E-state index is 0.718. The topological polar surface area (TPSA) is 29.9 Å². The maximum absolute atomic E-state index is 4.20. The number of nitrogens with one attached hydrogen (secondary N) is 1. The second-order valence-electron chi connectivity index (χ2n) is 5.73. The van der Waals surface area contributed by atoms with Crippen molar-refractivity contribution >= 4 is 0 Å². The molecule has 2 rings (SSSR count). The summed E-state index contributed by atoms with van der Waals surface area (Å²) in [6, 6.07) is 0.718. The van der Waals surface area contributed by atoms with E-state index in [1.165, 1.54) is 24.8 Å². The first-order valence-corrected chi connectivity index (χ1v) is 6.86. The van der Waals surface area contributed by atoms with Crippen LogP contribution in [-0.4, -0.2) is 22.4 Å². The second-order valence-corrected chi connectivity index (χ2v) is 5.73. The molecular weight excluding hydrogens is 210 g/mol. The molecule has 0 bridgehead atoms. The summed E-state index contributed by atoms with van der Waals surface area (Å²) < 4.78 is 1.88. The highest BCUT2D eigenvalue weighted by Gasteiger charge is 2.24. The highest BCUT2D eigenvalue weighted by atomic mass is 15.2. The first-order valence-electron chi connectivity index (χ1n) is 6.86. The average Bonchev–Trinajstić information content (AvgIpc) is 2.69. The van der Waals surface area contributed by atoms with E-state index in [9.17, 15) is 0 Å². The SMILES string of the molecule is CC1CCC(C)C(NCCc2cnn(C)c2)C1. The number of hydrogen-bond donors (Lipinski definition) is 1. The summed E-state index contributed by atoms with van der Waals surface area (Å²) in [5, 5.41) is 7.92. The number of hydrogen-bond acceptors (Lipinski definition) is 2. The van der Waals surface area contributed by atoms with E-state index in [-0.39, 0.29) is 0 Å². The van der Waals surface area contributed by atoms with Gasteiger partial charge in [-0.1, -0.05) is 20.3 Å². The molecule has 1 aliphatic carbocycles. The lowest BCUT2D eigenvalue weighted by atomic mass is 9.80. The fraction of sp³-hybridized carbons (Fsp3) is 0.786. The third-order valence-electron chi connectivity index (χ3n) is 4.04. The molecule has 3 unspecified atom stereocenters. The van der Waals surface area contributed by atoms with Crippen LogP contribution in [-0.2, 0) is 13.5 Å². The molecule has 1 saturated carbocycles. The van der Waals surface area contributed by atoms with Crippen LogP contribution in [0.15, 0.2) is 12.4 Å². The second kappa shape index (κ2) is 5.67. The molecule has 0 spiro atoms. The molecule has 1 aliphatic rings. The van der Waals surface area contributed by atoms with Crippen molar-refractivity contribution in [1.29, 1.82) is 0 Å². The zero-order valence-electron chi connectivity index (χ0n) is 11.3. The van der Waals surface area contributed by atoms with Crippen LogP contribution >= 0.6 is 0 Å². The molecule has 96 valence electrons. The fourth-order valence-electron chi connectivity index (χ4n) is 2.82. The van der Waals surface area contributed by atoms with Crippen molar-refractivity contribution in [3.8, 4) is 0 Å². The zero-order valence-corrected chi connectivity index (χ0v) is 11.3. The highest BCUT2D eigenvalue weighted by Crippen LogP contribution is 2.28. The van der Waals surface area contributed by atoms with Crippen molar-refractivity contribution in [2.45, 2.75) is 45.6 Å². The normalized spacial score (nSPS) is 29.5. The summed E-state index contributed by atoms with van der Waals surface area (Å²) in [4.78, 5) is 0. The van der Waals surface area contributed by atoms with Crippen LogP contribution in [0.25, 0.3) is 0 Å². The summed E-state index contributed by atoms with van der Waals surface area (Å²) in [7, 11) is 1.97. The third-order valence-corrected chi connectivity index (χ3v) is 4.04. The Balaban J connectivity index is 1.74. The van der Waals surface area contributed by atoms with E-state index in [4.69, 9.17) is 0 Å². The van der Waals surface area contributed by atoms with E-state index in [2.05, 4.69) is 30.5 Å². The van der Waals surface area contributed by atoms with E-state index in [1.807, 2.05) is 17.9 Å². The van der Waals surface area contributed by atoms with E-state index in [1.54, 1.807) is 0 Å². The third kappa shape index (κ3) is 3.56. The van der Waals surface area contributed by atoms with Gasteiger partial charge in [-0.2, -0.15) is 5.10 Å². The van der Waals surface area contributed by atoms with Crippen molar-refractivity contribution in [3.63, 3.8) is 0 Å². The summed E-state index contributed by atoms with van der Waals surface area (Å²) >= 11 is 0. The van der Waals surface area contributed by atoms with Gasteiger partial charge in [0.1, 0.15) is 0 Å². The monoisotopic (exact) mass is 235 g/mol. The molecule has 3 nitrogen and oxygen atoms in total. The van der Waals surface area contributed by atoms with E-state index in [0.717, 1.165) is 30.8 Å². The minimum Gasteiger partial charge on any atom is -0.313 e. The summed E-state index contributed by atoms with van der Waals surface area (Å²) in [5.41, 5.74) is 1.33. The number of nitrogens with zero attached hydrogens (tertiary/aromatic N) is 2. The van der Waals surface area contributed by atoms with Crippen LogP contribution in [0, 0.1) is 11.8 Å². The summed E-state index contributed by atoms with van der Waals surface area (Å²) in [6.07, 6.45) is 9.29.